The fraction of sp³-hybridized carbons (Fsp3) is 0.667. The van der Waals surface area contributed by atoms with Gasteiger partial charge in [-0.2, -0.15) is 0 Å². The third-order valence-electron chi connectivity index (χ3n) is 1.49. The molecule has 1 rings (SSSR count). The van der Waals surface area contributed by atoms with Crippen LogP contribution in [0.15, 0.2) is 9.98 Å². The third-order valence-corrected chi connectivity index (χ3v) is 2.68. The van der Waals surface area contributed by atoms with Gasteiger partial charge in [0.15, 0.2) is 0 Å². The molecule has 2 unspecified atom stereocenters. The van der Waals surface area contributed by atoms with E-state index in [1.165, 1.54) is 6.34 Å². The van der Waals surface area contributed by atoms with Gasteiger partial charge in [-0.15, -0.1) is 11.6 Å². The average molecular weight is 179 g/mol. The van der Waals surface area contributed by atoms with Gasteiger partial charge < -0.3 is 0 Å². The minimum Gasteiger partial charge on any atom is -0.252 e. The number of alkyl halides is 2. The Kier molecular flexibility index (Phi) is 2.32. The Hall–Kier alpha value is -0.0800. The Bertz CT molecular complexity index is 179. The zero-order valence-electron chi connectivity index (χ0n) is 5.59. The lowest BCUT2D eigenvalue weighted by atomic mass is 10.1. The van der Waals surface area contributed by atoms with Crippen molar-refractivity contribution in [3.63, 3.8) is 0 Å². The molecular formula is C6H8Cl2N2. The van der Waals surface area contributed by atoms with E-state index in [4.69, 9.17) is 23.2 Å². The molecule has 56 valence electrons. The Labute approximate surface area is 70.0 Å². The molecule has 0 aromatic rings. The highest BCUT2D eigenvalue weighted by Gasteiger charge is 2.33. The van der Waals surface area contributed by atoms with Gasteiger partial charge in [0.1, 0.15) is 16.7 Å². The summed E-state index contributed by atoms with van der Waals surface area (Å²) >= 11 is 11.8. The number of hydrogen-bond acceptors (Lipinski definition) is 2. The van der Waals surface area contributed by atoms with E-state index in [1.807, 2.05) is 6.92 Å². The maximum atomic E-state index is 6.02. The molecule has 0 bridgehead atoms. The quantitative estimate of drug-likeness (QED) is 0.434. The minimum absolute atomic E-state index is 0.378. The molecule has 1 heterocycles. The molecule has 0 fully saturated rings. The van der Waals surface area contributed by atoms with Crippen LogP contribution in [0.2, 0.25) is 0 Å². The van der Waals surface area contributed by atoms with E-state index in [2.05, 4.69) is 9.98 Å². The molecule has 0 spiro atoms. The Morgan fingerprint density at radius 1 is 1.70 bits per heavy atom. The van der Waals surface area contributed by atoms with Gasteiger partial charge in [0.25, 0.3) is 0 Å². The van der Waals surface area contributed by atoms with Gasteiger partial charge in [-0.05, 0) is 6.42 Å². The lowest BCUT2D eigenvalue weighted by Crippen LogP contribution is -2.34. The Balaban J connectivity index is 2.77. The van der Waals surface area contributed by atoms with Crippen molar-refractivity contribution in [2.45, 2.75) is 23.7 Å². The first-order chi connectivity index (χ1) is 4.69. The summed E-state index contributed by atoms with van der Waals surface area (Å²) in [5, 5.41) is 0. The van der Waals surface area contributed by atoms with Crippen molar-refractivity contribution in [1.82, 2.24) is 0 Å². The van der Waals surface area contributed by atoms with Crippen molar-refractivity contribution >= 4 is 35.8 Å². The summed E-state index contributed by atoms with van der Waals surface area (Å²) in [5.74, 6) is 0. The van der Waals surface area contributed by atoms with Crippen molar-refractivity contribution in [2.75, 3.05) is 0 Å². The number of hydrogen-bond donors (Lipinski definition) is 0. The van der Waals surface area contributed by atoms with Gasteiger partial charge in [-0.3, -0.25) is 4.99 Å². The van der Waals surface area contributed by atoms with E-state index in [1.54, 1.807) is 6.21 Å². The SMILES string of the molecule is CCC1(Cl)C=NC=NC1Cl. The largest absolute Gasteiger partial charge is 0.252 e. The molecular weight excluding hydrogens is 171 g/mol. The molecule has 2 atom stereocenters. The Morgan fingerprint density at radius 3 is 2.80 bits per heavy atom. The predicted molar refractivity (Wildman–Crippen MR) is 45.5 cm³/mol. The van der Waals surface area contributed by atoms with Crippen LogP contribution in [0.1, 0.15) is 13.3 Å². The van der Waals surface area contributed by atoms with E-state index >= 15 is 0 Å². The van der Waals surface area contributed by atoms with Crippen LogP contribution in [0, 0.1) is 0 Å². The molecule has 10 heavy (non-hydrogen) atoms. The van der Waals surface area contributed by atoms with Gasteiger partial charge in [-0.25, -0.2) is 4.99 Å². The molecule has 0 N–H and O–H groups in total. The summed E-state index contributed by atoms with van der Waals surface area (Å²) in [4.78, 5) is 7.11. The number of halogens is 2. The summed E-state index contributed by atoms with van der Waals surface area (Å²) in [7, 11) is 0. The molecule has 0 saturated carbocycles. The molecule has 0 saturated heterocycles. The Morgan fingerprint density at radius 2 is 2.40 bits per heavy atom. The second-order valence-corrected chi connectivity index (χ2v) is 3.28. The first kappa shape index (κ1) is 8.02. The van der Waals surface area contributed by atoms with Crippen LogP contribution in [0.3, 0.4) is 0 Å². The van der Waals surface area contributed by atoms with Crippen LogP contribution >= 0.6 is 23.2 Å². The van der Waals surface area contributed by atoms with E-state index in [-0.39, 0.29) is 5.50 Å². The normalized spacial score (nSPS) is 38.5. The fourth-order valence-corrected chi connectivity index (χ4v) is 1.07. The molecule has 1 aliphatic heterocycles. The number of rotatable bonds is 1. The van der Waals surface area contributed by atoms with Gasteiger partial charge in [0, 0.05) is 6.21 Å². The summed E-state index contributed by atoms with van der Waals surface area (Å²) in [6.45, 7) is 1.95. The van der Waals surface area contributed by atoms with Crippen molar-refractivity contribution in [3.8, 4) is 0 Å². The summed E-state index contributed by atoms with van der Waals surface area (Å²) in [6.07, 6.45) is 3.80. The molecule has 0 radical (unpaired) electrons. The lowest BCUT2D eigenvalue weighted by molar-refractivity contribution is 0.680. The number of nitrogens with zero attached hydrogens (tertiary/aromatic N) is 2. The molecule has 0 aromatic heterocycles. The summed E-state index contributed by atoms with van der Waals surface area (Å²) < 4.78 is 0. The van der Waals surface area contributed by atoms with Crippen LogP contribution < -0.4 is 0 Å². The fourth-order valence-electron chi connectivity index (χ4n) is 0.699. The van der Waals surface area contributed by atoms with Gasteiger partial charge in [-0.1, -0.05) is 18.5 Å². The van der Waals surface area contributed by atoms with Crippen LogP contribution in [0.5, 0.6) is 0 Å². The highest BCUT2D eigenvalue weighted by atomic mass is 35.5. The average Bonchev–Trinajstić information content (AvgIpc) is 1.96. The minimum atomic E-state index is -0.573. The highest BCUT2D eigenvalue weighted by molar-refractivity contribution is 6.39. The first-order valence-electron chi connectivity index (χ1n) is 3.08. The molecule has 0 amide bonds. The van der Waals surface area contributed by atoms with E-state index < -0.39 is 4.87 Å². The monoisotopic (exact) mass is 178 g/mol. The van der Waals surface area contributed by atoms with Crippen LogP contribution in [-0.4, -0.2) is 22.9 Å². The lowest BCUT2D eigenvalue weighted by Gasteiger charge is -2.24. The van der Waals surface area contributed by atoms with Gasteiger partial charge in [0.2, 0.25) is 0 Å². The summed E-state index contributed by atoms with van der Waals surface area (Å²) in [6, 6.07) is 0. The zero-order valence-corrected chi connectivity index (χ0v) is 7.10. The molecule has 4 heteroatoms. The first-order valence-corrected chi connectivity index (χ1v) is 3.89. The van der Waals surface area contributed by atoms with Crippen molar-refractivity contribution in [2.24, 2.45) is 9.98 Å². The maximum Gasteiger partial charge on any atom is 0.149 e. The molecule has 2 nitrogen and oxygen atoms in total. The maximum absolute atomic E-state index is 6.02. The van der Waals surface area contributed by atoms with Crippen molar-refractivity contribution in [3.05, 3.63) is 0 Å². The molecule has 0 aliphatic carbocycles. The third kappa shape index (κ3) is 1.32. The predicted octanol–water partition coefficient (Wildman–Crippen LogP) is 2.05. The molecule has 0 aromatic carbocycles. The van der Waals surface area contributed by atoms with Crippen LogP contribution in [-0.2, 0) is 0 Å². The van der Waals surface area contributed by atoms with E-state index in [0.717, 1.165) is 6.42 Å². The number of aliphatic imine (C=N–C) groups is 2. The van der Waals surface area contributed by atoms with E-state index in [0.29, 0.717) is 0 Å². The van der Waals surface area contributed by atoms with E-state index in [9.17, 15) is 0 Å². The highest BCUT2D eigenvalue weighted by Crippen LogP contribution is 2.28. The standard InChI is InChI=1S/C6H8Cl2N2/c1-2-6(8)3-9-4-10-5(6)7/h3-5H,2H2,1H3. The van der Waals surface area contributed by atoms with Gasteiger partial charge >= 0.3 is 0 Å². The zero-order chi connectivity index (χ0) is 7.61. The second-order valence-electron chi connectivity index (χ2n) is 2.16. The topological polar surface area (TPSA) is 24.7 Å². The van der Waals surface area contributed by atoms with Crippen LogP contribution in [0.4, 0.5) is 0 Å². The van der Waals surface area contributed by atoms with Crippen molar-refractivity contribution in [1.29, 1.82) is 0 Å². The van der Waals surface area contributed by atoms with Crippen molar-refractivity contribution < 1.29 is 0 Å². The summed E-state index contributed by atoms with van der Waals surface area (Å²) in [5.41, 5.74) is -0.378. The second kappa shape index (κ2) is 2.89. The molecule has 1 aliphatic rings. The smallest absolute Gasteiger partial charge is 0.149 e. The van der Waals surface area contributed by atoms with Gasteiger partial charge in [0.05, 0.1) is 0 Å². The van der Waals surface area contributed by atoms with Crippen LogP contribution in [0.25, 0.3) is 0 Å².